The first-order chi connectivity index (χ1) is 13.5. The lowest BCUT2D eigenvalue weighted by Gasteiger charge is -2.24. The predicted octanol–water partition coefficient (Wildman–Crippen LogP) is 2.16. The second kappa shape index (κ2) is 7.93. The number of carbonyl (C=O) groups is 1. The van der Waals surface area contributed by atoms with E-state index in [9.17, 15) is 9.90 Å². The summed E-state index contributed by atoms with van der Waals surface area (Å²) in [5.74, 6) is -0.195. The number of carbonyl (C=O) groups excluding carboxylic acids is 1. The van der Waals surface area contributed by atoms with Crippen molar-refractivity contribution in [3.8, 4) is 0 Å². The third kappa shape index (κ3) is 3.77. The van der Waals surface area contributed by atoms with Gasteiger partial charge in [-0.2, -0.15) is 0 Å². The quantitative estimate of drug-likeness (QED) is 0.439. The smallest absolute Gasteiger partial charge is 0.268 e. The Balaban J connectivity index is 1.53. The van der Waals surface area contributed by atoms with Crippen LogP contribution in [0.25, 0.3) is 10.9 Å². The predicted molar refractivity (Wildman–Crippen MR) is 109 cm³/mol. The number of hydrogen-bond acceptors (Lipinski definition) is 4. The lowest BCUT2D eigenvalue weighted by atomic mass is 10.1. The lowest BCUT2D eigenvalue weighted by molar-refractivity contribution is 0.0874. The molecule has 2 unspecified atom stereocenters. The van der Waals surface area contributed by atoms with Crippen LogP contribution in [0.1, 0.15) is 27.7 Å². The normalized spacial score (nSPS) is 19.5. The molecule has 0 spiro atoms. The van der Waals surface area contributed by atoms with Crippen LogP contribution in [0.15, 0.2) is 48.5 Å². The molecule has 0 saturated carbocycles. The molecule has 0 fully saturated rings. The average molecular weight is 400 g/mol. The first-order valence-electron chi connectivity index (χ1n) is 9.24. The summed E-state index contributed by atoms with van der Waals surface area (Å²) in [4.78, 5) is 16.0. The number of aliphatic hydroxyl groups excluding tert-OH is 2. The molecule has 146 valence electrons. The zero-order chi connectivity index (χ0) is 19.7. The van der Waals surface area contributed by atoms with Gasteiger partial charge in [0, 0.05) is 22.5 Å². The number of H-pyrrole nitrogens is 1. The molecule has 28 heavy (non-hydrogen) atoms. The third-order valence-corrected chi connectivity index (χ3v) is 5.40. The van der Waals surface area contributed by atoms with Gasteiger partial charge in [0.25, 0.3) is 5.91 Å². The Morgan fingerprint density at radius 2 is 2.07 bits per heavy atom. The number of aromatic nitrogens is 1. The average Bonchev–Trinajstić information content (AvgIpc) is 3.26. The summed E-state index contributed by atoms with van der Waals surface area (Å²) in [6.45, 7) is -0.0667. The van der Waals surface area contributed by atoms with E-state index in [4.69, 9.17) is 16.7 Å². The summed E-state index contributed by atoms with van der Waals surface area (Å²) in [7, 11) is 0. The van der Waals surface area contributed by atoms with Crippen LogP contribution in [0, 0.1) is 0 Å². The van der Waals surface area contributed by atoms with Gasteiger partial charge < -0.3 is 25.8 Å². The van der Waals surface area contributed by atoms with Crippen molar-refractivity contribution < 1.29 is 15.0 Å². The molecule has 0 bridgehead atoms. The maximum absolute atomic E-state index is 12.9. The molecule has 0 aliphatic heterocycles. The maximum atomic E-state index is 12.9. The van der Waals surface area contributed by atoms with Crippen molar-refractivity contribution in [3.05, 3.63) is 70.4 Å². The third-order valence-electron chi connectivity index (χ3n) is 5.16. The summed E-state index contributed by atoms with van der Waals surface area (Å²) in [6, 6.07) is 14.9. The Hall–Kier alpha value is -2.38. The first-order valence-corrected chi connectivity index (χ1v) is 9.62. The van der Waals surface area contributed by atoms with E-state index in [0.29, 0.717) is 17.1 Å². The molecule has 2 aromatic carbocycles. The number of aromatic amines is 1. The minimum Gasteiger partial charge on any atom is -0.394 e. The maximum Gasteiger partial charge on any atom is 0.268 e. The highest BCUT2D eigenvalue weighted by molar-refractivity contribution is 6.31. The Kier molecular flexibility index (Phi) is 5.37. The van der Waals surface area contributed by atoms with Crippen LogP contribution < -0.4 is 10.6 Å². The highest BCUT2D eigenvalue weighted by Crippen LogP contribution is 2.31. The molecule has 1 aromatic heterocycles. The second-order valence-electron chi connectivity index (χ2n) is 7.12. The molecule has 6 nitrogen and oxygen atoms in total. The van der Waals surface area contributed by atoms with Gasteiger partial charge >= 0.3 is 0 Å². The van der Waals surface area contributed by atoms with Crippen LogP contribution in [-0.2, 0) is 6.42 Å². The van der Waals surface area contributed by atoms with Crippen molar-refractivity contribution in [2.45, 2.75) is 24.6 Å². The van der Waals surface area contributed by atoms with Gasteiger partial charge in [0.05, 0.1) is 24.8 Å². The lowest BCUT2D eigenvalue weighted by Crippen LogP contribution is -2.44. The summed E-state index contributed by atoms with van der Waals surface area (Å²) >= 11 is 6.03. The van der Waals surface area contributed by atoms with Crippen LogP contribution >= 0.6 is 11.6 Å². The van der Waals surface area contributed by atoms with Gasteiger partial charge in [-0.05, 0) is 41.8 Å². The Bertz CT molecular complexity index is 1000. The number of aliphatic hydroxyl groups is 2. The van der Waals surface area contributed by atoms with Crippen LogP contribution in [0.3, 0.4) is 0 Å². The molecule has 1 aliphatic rings. The van der Waals surface area contributed by atoms with Gasteiger partial charge in [0.15, 0.2) is 0 Å². The minimum absolute atomic E-state index is 0.139. The number of benzene rings is 2. The van der Waals surface area contributed by atoms with Gasteiger partial charge in [0.2, 0.25) is 0 Å². The van der Waals surface area contributed by atoms with Crippen molar-refractivity contribution in [2.75, 3.05) is 13.2 Å². The van der Waals surface area contributed by atoms with E-state index in [1.54, 1.807) is 12.1 Å². The van der Waals surface area contributed by atoms with E-state index in [1.807, 2.05) is 36.4 Å². The summed E-state index contributed by atoms with van der Waals surface area (Å²) in [5, 5.41) is 26.7. The molecule has 1 amide bonds. The summed E-state index contributed by atoms with van der Waals surface area (Å²) in [5.41, 5.74) is 3.58. The zero-order valence-electron chi connectivity index (χ0n) is 15.2. The van der Waals surface area contributed by atoms with E-state index < -0.39 is 6.10 Å². The second-order valence-corrected chi connectivity index (χ2v) is 7.56. The largest absolute Gasteiger partial charge is 0.394 e. The minimum atomic E-state index is -0.845. The molecular weight excluding hydrogens is 378 g/mol. The highest BCUT2D eigenvalue weighted by atomic mass is 35.5. The number of hydrogen-bond donors (Lipinski definition) is 5. The van der Waals surface area contributed by atoms with Crippen molar-refractivity contribution in [1.29, 1.82) is 0 Å². The van der Waals surface area contributed by atoms with Crippen LogP contribution in [0.5, 0.6) is 0 Å². The highest BCUT2D eigenvalue weighted by Gasteiger charge is 2.33. The molecule has 3 atom stereocenters. The van der Waals surface area contributed by atoms with E-state index >= 15 is 0 Å². The van der Waals surface area contributed by atoms with Crippen LogP contribution in [0.2, 0.25) is 5.02 Å². The van der Waals surface area contributed by atoms with Gasteiger partial charge in [-0.25, -0.2) is 0 Å². The van der Waals surface area contributed by atoms with Gasteiger partial charge in [-0.15, -0.1) is 0 Å². The van der Waals surface area contributed by atoms with Gasteiger partial charge in [0.1, 0.15) is 5.69 Å². The zero-order valence-corrected chi connectivity index (χ0v) is 15.9. The number of fused-ring (bicyclic) bond motifs is 2. The molecule has 0 saturated heterocycles. The number of halogens is 1. The van der Waals surface area contributed by atoms with E-state index in [0.717, 1.165) is 22.0 Å². The monoisotopic (exact) mass is 399 g/mol. The summed E-state index contributed by atoms with van der Waals surface area (Å²) < 4.78 is 0. The van der Waals surface area contributed by atoms with Gasteiger partial charge in [-0.3, -0.25) is 4.79 Å². The molecule has 5 N–H and O–H groups in total. The molecule has 4 rings (SSSR count). The molecular formula is C21H22ClN3O3. The Morgan fingerprint density at radius 3 is 2.89 bits per heavy atom. The Labute approximate surface area is 167 Å². The molecule has 1 heterocycles. The van der Waals surface area contributed by atoms with Gasteiger partial charge in [-0.1, -0.05) is 35.9 Å². The summed E-state index contributed by atoms with van der Waals surface area (Å²) in [6.07, 6.45) is -0.150. The van der Waals surface area contributed by atoms with Crippen molar-refractivity contribution in [3.63, 3.8) is 0 Å². The molecule has 1 aliphatic carbocycles. The first kappa shape index (κ1) is 19.0. The van der Waals surface area contributed by atoms with E-state index in [1.165, 1.54) is 0 Å². The van der Waals surface area contributed by atoms with Crippen molar-refractivity contribution in [2.24, 2.45) is 0 Å². The van der Waals surface area contributed by atoms with E-state index in [-0.39, 0.29) is 31.1 Å². The number of amides is 1. The Morgan fingerprint density at radius 1 is 1.25 bits per heavy atom. The van der Waals surface area contributed by atoms with E-state index in [2.05, 4.69) is 15.6 Å². The fraction of sp³-hybridized carbons (Fsp3) is 0.286. The van der Waals surface area contributed by atoms with Crippen molar-refractivity contribution in [1.82, 2.24) is 15.6 Å². The fourth-order valence-corrected chi connectivity index (χ4v) is 3.96. The van der Waals surface area contributed by atoms with Crippen LogP contribution in [-0.4, -0.2) is 46.4 Å². The molecule has 7 heteroatoms. The molecule has 3 aromatic rings. The topological polar surface area (TPSA) is 97.4 Å². The molecule has 0 radical (unpaired) electrons. The number of rotatable bonds is 6. The van der Waals surface area contributed by atoms with Crippen molar-refractivity contribution >= 4 is 28.4 Å². The number of nitrogens with one attached hydrogen (secondary N) is 3. The SMILES string of the molecule is O=C(NC1Cc2ccccc2C1NC[C@@H](O)CO)c1cc2cc(Cl)ccc2[nH]1. The van der Waals surface area contributed by atoms with Crippen LogP contribution in [0.4, 0.5) is 0 Å². The fourth-order valence-electron chi connectivity index (χ4n) is 3.78. The standard InChI is InChI=1S/C21H22ClN3O3/c22-14-5-6-17-13(7-14)9-19(24-17)21(28)25-18-8-12-3-1-2-4-16(12)20(18)23-10-15(27)11-26/h1-7,9,15,18,20,23-24,26-27H,8,10-11H2,(H,25,28)/t15-,18?,20?/m1/s1.